The van der Waals surface area contributed by atoms with Crippen molar-refractivity contribution < 1.29 is 19.6 Å². The van der Waals surface area contributed by atoms with Crippen molar-refractivity contribution in [2.24, 2.45) is 5.73 Å². The molecule has 1 aromatic carbocycles. The summed E-state index contributed by atoms with van der Waals surface area (Å²) in [5.41, 5.74) is 4.85. The van der Waals surface area contributed by atoms with Crippen molar-refractivity contribution in [3.8, 4) is 0 Å². The first-order valence-corrected chi connectivity index (χ1v) is 12.7. The van der Waals surface area contributed by atoms with Crippen LogP contribution in [0.2, 0.25) is 5.02 Å². The summed E-state index contributed by atoms with van der Waals surface area (Å²) in [6, 6.07) is 6.56. The van der Waals surface area contributed by atoms with Crippen molar-refractivity contribution in [2.45, 2.75) is 57.3 Å². The lowest BCUT2D eigenvalue weighted by Gasteiger charge is -2.40. The molecule has 3 heterocycles. The smallest absolute Gasteiger partial charge is 0.353 e. The molecule has 0 spiro atoms. The fourth-order valence-electron chi connectivity index (χ4n) is 4.95. The lowest BCUT2D eigenvalue weighted by molar-refractivity contribution is -0.383. The molecule has 2 aromatic rings. The van der Waals surface area contributed by atoms with Gasteiger partial charge in [-0.15, -0.1) is 0 Å². The number of nitrogens with two attached hydrogens (primary N) is 1. The number of ether oxygens (including phenoxy) is 1. The molecule has 37 heavy (non-hydrogen) atoms. The van der Waals surface area contributed by atoms with Gasteiger partial charge in [0.15, 0.2) is 0 Å². The fourth-order valence-corrected chi connectivity index (χ4v) is 5.07. The first-order valence-electron chi connectivity index (χ1n) is 12.3. The van der Waals surface area contributed by atoms with Crippen LogP contribution in [-0.2, 0) is 9.53 Å². The van der Waals surface area contributed by atoms with Gasteiger partial charge in [0.1, 0.15) is 5.60 Å². The van der Waals surface area contributed by atoms with Crippen LogP contribution < -0.4 is 20.9 Å². The van der Waals surface area contributed by atoms with Crippen LogP contribution in [-0.4, -0.2) is 69.9 Å². The predicted octanol–water partition coefficient (Wildman–Crippen LogP) is 2.99. The van der Waals surface area contributed by atoms with Crippen molar-refractivity contribution in [3.05, 3.63) is 39.4 Å². The molecule has 0 radical (unpaired) electrons. The number of anilines is 4. The number of amides is 1. The van der Waals surface area contributed by atoms with Crippen LogP contribution >= 0.6 is 11.6 Å². The Balaban J connectivity index is 1.75. The molecule has 2 aliphatic heterocycles. The number of nitrogens with one attached hydrogen (secondary N) is 1. The number of aliphatic hydroxyl groups excluding tert-OH is 1. The molecule has 0 unspecified atom stereocenters. The van der Waals surface area contributed by atoms with Gasteiger partial charge in [0.05, 0.1) is 23.7 Å². The van der Waals surface area contributed by atoms with Crippen LogP contribution in [0.3, 0.4) is 0 Å². The fraction of sp³-hybridized carbons (Fsp3) is 0.542. The number of hydrogen-bond donors (Lipinski definition) is 3. The predicted molar refractivity (Wildman–Crippen MR) is 140 cm³/mol. The van der Waals surface area contributed by atoms with Crippen molar-refractivity contribution in [2.75, 3.05) is 41.4 Å². The number of carbonyl (C=O) groups excluding carboxylic acids is 1. The first kappa shape index (κ1) is 26.8. The van der Waals surface area contributed by atoms with Crippen molar-refractivity contribution in [1.29, 1.82) is 0 Å². The third-order valence-electron chi connectivity index (χ3n) is 6.77. The van der Waals surface area contributed by atoms with E-state index in [1.54, 1.807) is 29.2 Å². The largest absolute Gasteiger partial charge is 0.394 e. The Morgan fingerprint density at radius 2 is 1.97 bits per heavy atom. The first-order chi connectivity index (χ1) is 17.6. The Morgan fingerprint density at radius 3 is 2.54 bits per heavy atom. The highest BCUT2D eigenvalue weighted by Crippen LogP contribution is 2.40. The molecule has 0 saturated carbocycles. The zero-order valence-electron chi connectivity index (χ0n) is 20.9. The third-order valence-corrected chi connectivity index (χ3v) is 7.02. The van der Waals surface area contributed by atoms with Crippen LogP contribution in [0.15, 0.2) is 24.3 Å². The van der Waals surface area contributed by atoms with Crippen LogP contribution in [0.25, 0.3) is 0 Å². The number of aromatic nitrogens is 2. The van der Waals surface area contributed by atoms with Crippen molar-refractivity contribution >= 4 is 46.5 Å². The van der Waals surface area contributed by atoms with E-state index in [0.29, 0.717) is 23.2 Å². The minimum atomic E-state index is -1.14. The summed E-state index contributed by atoms with van der Waals surface area (Å²) < 4.78 is 5.92. The topological polar surface area (TPSA) is 160 Å². The molecule has 2 saturated heterocycles. The van der Waals surface area contributed by atoms with E-state index in [1.165, 1.54) is 0 Å². The van der Waals surface area contributed by atoms with Gasteiger partial charge in [0, 0.05) is 43.2 Å². The Kier molecular flexibility index (Phi) is 8.00. The molecule has 0 aliphatic carbocycles. The molecule has 200 valence electrons. The summed E-state index contributed by atoms with van der Waals surface area (Å²) in [6.07, 6.45) is 1.93. The highest BCUT2D eigenvalue weighted by atomic mass is 35.5. The second kappa shape index (κ2) is 11.0. The minimum absolute atomic E-state index is 0.0288. The van der Waals surface area contributed by atoms with Crippen LogP contribution in [0.5, 0.6) is 0 Å². The third kappa shape index (κ3) is 5.71. The molecule has 0 bridgehead atoms. The molecule has 13 heteroatoms. The van der Waals surface area contributed by atoms with E-state index < -0.39 is 16.4 Å². The highest BCUT2D eigenvalue weighted by Gasteiger charge is 2.44. The summed E-state index contributed by atoms with van der Waals surface area (Å²) in [5, 5.41) is 25.8. The zero-order chi connectivity index (χ0) is 26.7. The molecule has 1 atom stereocenters. The van der Waals surface area contributed by atoms with Gasteiger partial charge in [0.25, 0.3) is 0 Å². The normalized spacial score (nSPS) is 19.3. The molecule has 4 rings (SSSR count). The van der Waals surface area contributed by atoms with E-state index in [4.69, 9.17) is 22.1 Å². The molecular weight excluding hydrogens is 502 g/mol. The number of carbonyl (C=O) groups is 1. The van der Waals surface area contributed by atoms with E-state index in [0.717, 1.165) is 12.8 Å². The number of halogens is 1. The number of primary amides is 1. The van der Waals surface area contributed by atoms with Gasteiger partial charge in [-0.05, 0) is 51.0 Å². The van der Waals surface area contributed by atoms with Gasteiger partial charge in [0.2, 0.25) is 23.5 Å². The number of hydrogen-bond acceptors (Lipinski definition) is 10. The Labute approximate surface area is 219 Å². The van der Waals surface area contributed by atoms with Gasteiger partial charge in [-0.25, -0.2) is 0 Å². The maximum atomic E-state index is 12.3. The molecular formula is C24H32ClN7O5. The zero-order valence-corrected chi connectivity index (χ0v) is 21.6. The molecule has 2 fully saturated rings. The average Bonchev–Trinajstić information content (AvgIpc) is 3.34. The van der Waals surface area contributed by atoms with Gasteiger partial charge in [-0.1, -0.05) is 11.6 Å². The molecule has 2 aliphatic rings. The van der Waals surface area contributed by atoms with E-state index in [-0.39, 0.29) is 62.0 Å². The van der Waals surface area contributed by atoms with Gasteiger partial charge < -0.3 is 30.7 Å². The number of nitrogens with zero attached hydrogens (tertiary/aromatic N) is 5. The Hall–Kier alpha value is -3.22. The summed E-state index contributed by atoms with van der Waals surface area (Å²) in [4.78, 5) is 37.0. The molecule has 1 amide bonds. The quantitative estimate of drug-likeness (QED) is 0.323. The lowest BCUT2D eigenvalue weighted by Crippen LogP contribution is -2.55. The summed E-state index contributed by atoms with van der Waals surface area (Å²) in [7, 11) is 0. The molecule has 4 N–H and O–H groups in total. The Bertz CT molecular complexity index is 1140. The lowest BCUT2D eigenvalue weighted by atomic mass is 9.90. The van der Waals surface area contributed by atoms with E-state index in [9.17, 15) is 20.0 Å². The average molecular weight is 534 g/mol. The van der Waals surface area contributed by atoms with Crippen LogP contribution in [0.1, 0.15) is 39.5 Å². The number of rotatable bonds is 9. The summed E-state index contributed by atoms with van der Waals surface area (Å²) in [5.74, 6) is -0.0933. The number of nitro groups is 1. The van der Waals surface area contributed by atoms with Gasteiger partial charge >= 0.3 is 5.69 Å². The van der Waals surface area contributed by atoms with E-state index >= 15 is 0 Å². The van der Waals surface area contributed by atoms with E-state index in [1.807, 2.05) is 18.7 Å². The van der Waals surface area contributed by atoms with Crippen LogP contribution in [0, 0.1) is 10.1 Å². The van der Waals surface area contributed by atoms with Gasteiger partial charge in [-0.2, -0.15) is 9.97 Å². The maximum Gasteiger partial charge on any atom is 0.353 e. The summed E-state index contributed by atoms with van der Waals surface area (Å²) >= 11 is 6.00. The molecule has 1 aromatic heterocycles. The summed E-state index contributed by atoms with van der Waals surface area (Å²) in [6.45, 7) is 4.76. The van der Waals surface area contributed by atoms with Crippen molar-refractivity contribution in [1.82, 2.24) is 9.97 Å². The highest BCUT2D eigenvalue weighted by molar-refractivity contribution is 6.30. The monoisotopic (exact) mass is 533 g/mol. The minimum Gasteiger partial charge on any atom is -0.394 e. The van der Waals surface area contributed by atoms with E-state index in [2.05, 4.69) is 15.3 Å². The van der Waals surface area contributed by atoms with Crippen LogP contribution in [0.4, 0.5) is 29.0 Å². The number of aliphatic hydroxyl groups is 1. The number of piperidine rings is 1. The van der Waals surface area contributed by atoms with Crippen molar-refractivity contribution in [3.63, 3.8) is 0 Å². The Morgan fingerprint density at radius 1 is 1.30 bits per heavy atom. The van der Waals surface area contributed by atoms with Gasteiger partial charge in [-0.3, -0.25) is 14.9 Å². The molecule has 12 nitrogen and oxygen atoms in total. The standard InChI is InChI=1S/C24H32ClN7O5/c1-15(2)37-24(22(26)34)9-12-30(13-10-24)21-19(32(35)36)20(27-17-7-5-16(25)6-8-17)28-23(29-21)31-11-3-4-18(31)14-33/h5-8,15,18,33H,3-4,9-14H2,1-2H3,(H2,26,34)(H,27,28,29)/t18-/m0/s1. The SMILES string of the molecule is CC(C)OC1(C(N)=O)CCN(c2nc(N3CCC[C@H]3CO)nc(Nc3ccc(Cl)cc3)c2[N+](=O)[O-])CC1. The number of benzene rings is 1. The second-order valence-electron chi connectivity index (χ2n) is 9.62. The second-order valence-corrected chi connectivity index (χ2v) is 10.1. The maximum absolute atomic E-state index is 12.3.